The summed E-state index contributed by atoms with van der Waals surface area (Å²) in [4.78, 5) is 25.4. The first-order chi connectivity index (χ1) is 9.52. The van der Waals surface area contributed by atoms with Crippen molar-refractivity contribution in [2.75, 3.05) is 18.8 Å². The van der Waals surface area contributed by atoms with E-state index >= 15 is 0 Å². The largest absolute Gasteiger partial charge is 0.397 e. The van der Waals surface area contributed by atoms with Crippen molar-refractivity contribution >= 4 is 17.5 Å². The fourth-order valence-corrected chi connectivity index (χ4v) is 2.67. The zero-order valence-corrected chi connectivity index (χ0v) is 11.8. The fourth-order valence-electron chi connectivity index (χ4n) is 2.67. The van der Waals surface area contributed by atoms with Crippen molar-refractivity contribution in [3.05, 3.63) is 18.0 Å². The molecule has 1 saturated heterocycles. The minimum absolute atomic E-state index is 0.0157. The van der Waals surface area contributed by atoms with Crippen LogP contribution >= 0.6 is 0 Å². The number of hydrogen-bond acceptors (Lipinski definition) is 3. The Morgan fingerprint density at radius 3 is 2.55 bits per heavy atom. The number of likely N-dealkylation sites (tertiary alicyclic amines) is 1. The molecule has 1 aromatic rings. The highest BCUT2D eigenvalue weighted by atomic mass is 16.2. The quantitative estimate of drug-likeness (QED) is 0.853. The minimum Gasteiger partial charge on any atom is -0.397 e. The molecule has 0 spiro atoms. The number of hydrogen-bond donors (Lipinski definition) is 2. The molecule has 1 aliphatic heterocycles. The van der Waals surface area contributed by atoms with E-state index in [0.717, 1.165) is 13.0 Å². The van der Waals surface area contributed by atoms with Crippen LogP contribution in [0, 0.1) is 5.92 Å². The van der Waals surface area contributed by atoms with Crippen LogP contribution < -0.4 is 11.5 Å². The standard InChI is InChI=1S/C14H22N4O2/c1-2-5-18-9-11(15)8-12(18)14(20)17-6-3-10(4-7-17)13(16)19/h8-10H,2-7,15H2,1H3,(H2,16,19). The fraction of sp³-hybridized carbons (Fsp3) is 0.571. The summed E-state index contributed by atoms with van der Waals surface area (Å²) >= 11 is 0. The lowest BCUT2D eigenvalue weighted by atomic mass is 9.96. The van der Waals surface area contributed by atoms with Gasteiger partial charge < -0.3 is 20.9 Å². The topological polar surface area (TPSA) is 94.3 Å². The van der Waals surface area contributed by atoms with Crippen molar-refractivity contribution < 1.29 is 9.59 Å². The van der Waals surface area contributed by atoms with Gasteiger partial charge in [0.25, 0.3) is 5.91 Å². The molecule has 0 aliphatic carbocycles. The number of aromatic nitrogens is 1. The van der Waals surface area contributed by atoms with E-state index in [4.69, 9.17) is 11.5 Å². The number of carbonyl (C=O) groups excluding carboxylic acids is 2. The number of anilines is 1. The normalized spacial score (nSPS) is 16.4. The van der Waals surface area contributed by atoms with Crippen LogP contribution in [0.25, 0.3) is 0 Å². The molecule has 0 bridgehead atoms. The van der Waals surface area contributed by atoms with Crippen LogP contribution in [0.15, 0.2) is 12.3 Å². The molecule has 110 valence electrons. The van der Waals surface area contributed by atoms with E-state index in [9.17, 15) is 9.59 Å². The first-order valence-corrected chi connectivity index (χ1v) is 7.07. The molecule has 6 heteroatoms. The van der Waals surface area contributed by atoms with Crippen LogP contribution in [-0.4, -0.2) is 34.4 Å². The molecule has 1 aliphatic rings. The summed E-state index contributed by atoms with van der Waals surface area (Å²) in [5.41, 5.74) is 12.3. The van der Waals surface area contributed by atoms with Crippen LogP contribution in [0.1, 0.15) is 36.7 Å². The van der Waals surface area contributed by atoms with E-state index in [1.54, 1.807) is 17.2 Å². The zero-order chi connectivity index (χ0) is 14.7. The molecule has 4 N–H and O–H groups in total. The Bertz CT molecular complexity index is 501. The molecule has 6 nitrogen and oxygen atoms in total. The third-order valence-corrected chi connectivity index (χ3v) is 3.79. The van der Waals surface area contributed by atoms with Crippen LogP contribution in [-0.2, 0) is 11.3 Å². The lowest BCUT2D eigenvalue weighted by molar-refractivity contribution is -0.123. The van der Waals surface area contributed by atoms with Crippen LogP contribution in [0.3, 0.4) is 0 Å². The molecule has 0 unspecified atom stereocenters. The van der Waals surface area contributed by atoms with Gasteiger partial charge in [0.1, 0.15) is 5.69 Å². The third kappa shape index (κ3) is 2.95. The Kier molecular flexibility index (Phi) is 4.32. The van der Waals surface area contributed by atoms with E-state index in [0.29, 0.717) is 37.3 Å². The summed E-state index contributed by atoms with van der Waals surface area (Å²) in [7, 11) is 0. The molecular formula is C14H22N4O2. The number of nitrogen functional groups attached to an aromatic ring is 1. The number of primary amides is 1. The van der Waals surface area contributed by atoms with Crippen LogP contribution in [0.2, 0.25) is 0 Å². The highest BCUT2D eigenvalue weighted by molar-refractivity contribution is 5.94. The molecule has 20 heavy (non-hydrogen) atoms. The average Bonchev–Trinajstić information content (AvgIpc) is 2.79. The molecule has 2 rings (SSSR count). The summed E-state index contributed by atoms with van der Waals surface area (Å²) in [6.45, 7) is 3.98. The summed E-state index contributed by atoms with van der Waals surface area (Å²) in [5, 5.41) is 0. The van der Waals surface area contributed by atoms with Gasteiger partial charge in [-0.25, -0.2) is 0 Å². The zero-order valence-electron chi connectivity index (χ0n) is 11.8. The maximum Gasteiger partial charge on any atom is 0.270 e. The molecule has 0 radical (unpaired) electrons. The Hall–Kier alpha value is -1.98. The Morgan fingerprint density at radius 2 is 2.00 bits per heavy atom. The maximum atomic E-state index is 12.5. The summed E-state index contributed by atoms with van der Waals surface area (Å²) < 4.78 is 1.90. The van der Waals surface area contributed by atoms with E-state index in [-0.39, 0.29) is 17.7 Å². The Balaban J connectivity index is 2.07. The number of rotatable bonds is 4. The van der Waals surface area contributed by atoms with Gasteiger partial charge in [0.2, 0.25) is 5.91 Å². The maximum absolute atomic E-state index is 12.5. The molecule has 2 amide bonds. The van der Waals surface area contributed by atoms with Gasteiger partial charge in [-0.2, -0.15) is 0 Å². The Labute approximate surface area is 118 Å². The van der Waals surface area contributed by atoms with Crippen molar-refractivity contribution in [2.45, 2.75) is 32.7 Å². The first-order valence-electron chi connectivity index (χ1n) is 7.07. The second-order valence-corrected chi connectivity index (χ2v) is 5.32. The van der Waals surface area contributed by atoms with E-state index in [1.165, 1.54) is 0 Å². The molecule has 0 aromatic carbocycles. The number of nitrogens with zero attached hydrogens (tertiary/aromatic N) is 2. The molecule has 0 saturated carbocycles. The predicted octanol–water partition coefficient (Wildman–Crippen LogP) is 0.818. The second kappa shape index (κ2) is 5.98. The SMILES string of the molecule is CCCn1cc(N)cc1C(=O)N1CCC(C(N)=O)CC1. The van der Waals surface area contributed by atoms with Crippen LogP contribution in [0.4, 0.5) is 5.69 Å². The smallest absolute Gasteiger partial charge is 0.270 e. The number of piperidine rings is 1. The van der Waals surface area contributed by atoms with Crippen molar-refractivity contribution in [3.8, 4) is 0 Å². The predicted molar refractivity (Wildman–Crippen MR) is 77.0 cm³/mol. The lowest BCUT2D eigenvalue weighted by Gasteiger charge is -2.30. The van der Waals surface area contributed by atoms with Gasteiger partial charge in [-0.3, -0.25) is 9.59 Å². The minimum atomic E-state index is -0.268. The van der Waals surface area contributed by atoms with Gasteiger partial charge in [-0.15, -0.1) is 0 Å². The molecule has 1 aromatic heterocycles. The molecule has 2 heterocycles. The van der Waals surface area contributed by atoms with Crippen molar-refractivity contribution in [1.29, 1.82) is 0 Å². The summed E-state index contributed by atoms with van der Waals surface area (Å²) in [5.74, 6) is -0.389. The highest BCUT2D eigenvalue weighted by Gasteiger charge is 2.27. The number of carbonyl (C=O) groups is 2. The van der Waals surface area contributed by atoms with E-state index < -0.39 is 0 Å². The molecular weight excluding hydrogens is 256 g/mol. The van der Waals surface area contributed by atoms with Gasteiger partial charge in [0.05, 0.1) is 5.69 Å². The molecule has 0 atom stereocenters. The number of nitrogens with two attached hydrogens (primary N) is 2. The van der Waals surface area contributed by atoms with E-state index in [2.05, 4.69) is 6.92 Å². The first kappa shape index (κ1) is 14.4. The molecule has 1 fully saturated rings. The van der Waals surface area contributed by atoms with Gasteiger partial charge in [-0.1, -0.05) is 6.92 Å². The monoisotopic (exact) mass is 278 g/mol. The third-order valence-electron chi connectivity index (χ3n) is 3.79. The van der Waals surface area contributed by atoms with E-state index in [1.807, 2.05) is 4.57 Å². The van der Waals surface area contributed by atoms with Crippen molar-refractivity contribution in [2.24, 2.45) is 11.7 Å². The summed E-state index contributed by atoms with van der Waals surface area (Å²) in [6, 6.07) is 1.72. The second-order valence-electron chi connectivity index (χ2n) is 5.32. The average molecular weight is 278 g/mol. The number of amides is 2. The summed E-state index contributed by atoms with van der Waals surface area (Å²) in [6.07, 6.45) is 4.03. The van der Waals surface area contributed by atoms with Gasteiger partial charge >= 0.3 is 0 Å². The Morgan fingerprint density at radius 1 is 1.35 bits per heavy atom. The van der Waals surface area contributed by atoms with Crippen LogP contribution in [0.5, 0.6) is 0 Å². The highest BCUT2D eigenvalue weighted by Crippen LogP contribution is 2.20. The van der Waals surface area contributed by atoms with Crippen molar-refractivity contribution in [1.82, 2.24) is 9.47 Å². The van der Waals surface area contributed by atoms with Gasteiger partial charge in [0.15, 0.2) is 0 Å². The lowest BCUT2D eigenvalue weighted by Crippen LogP contribution is -2.42. The van der Waals surface area contributed by atoms with Gasteiger partial charge in [0, 0.05) is 31.7 Å². The number of aryl methyl sites for hydroxylation is 1. The van der Waals surface area contributed by atoms with Crippen molar-refractivity contribution in [3.63, 3.8) is 0 Å². The van der Waals surface area contributed by atoms with Gasteiger partial charge in [-0.05, 0) is 25.3 Å².